The van der Waals surface area contributed by atoms with E-state index in [1.165, 1.54) is 12.1 Å². The summed E-state index contributed by atoms with van der Waals surface area (Å²) >= 11 is 18.2. The molecule has 2 N–H and O–H groups in total. The van der Waals surface area contributed by atoms with Gasteiger partial charge in [0.05, 0.1) is 11.1 Å². The van der Waals surface area contributed by atoms with Gasteiger partial charge in [-0.2, -0.15) is 0 Å². The van der Waals surface area contributed by atoms with Gasteiger partial charge in [0.15, 0.2) is 6.29 Å². The number of hydrogen-bond acceptors (Lipinski definition) is 12. The first-order valence-corrected chi connectivity index (χ1v) is 24.3. The predicted octanol–water partition coefficient (Wildman–Crippen LogP) is 10.9. The molecule has 5 heterocycles. The molecule has 0 aromatic heterocycles. The molecule has 70 heavy (non-hydrogen) atoms. The van der Waals surface area contributed by atoms with Crippen LogP contribution in [0.15, 0.2) is 60.7 Å². The van der Waals surface area contributed by atoms with Crippen LogP contribution in [0, 0.1) is 0 Å². The molecule has 3 fully saturated rings. The normalized spacial score (nSPS) is 18.9. The fourth-order valence-electron chi connectivity index (χ4n) is 8.36. The molecule has 3 saturated heterocycles. The van der Waals surface area contributed by atoms with Gasteiger partial charge in [-0.3, -0.25) is 4.79 Å². The summed E-state index contributed by atoms with van der Waals surface area (Å²) in [6.45, 7) is 19.5. The maximum atomic E-state index is 12.2. The fraction of sp³-hybridized carbons (Fsp3) is 0.529. The molecule has 3 amide bonds. The molecule has 1 unspecified atom stereocenters. The molecular weight excluding hydrogens is 969 g/mol. The number of amides is 3. The van der Waals surface area contributed by atoms with Gasteiger partial charge in [0.25, 0.3) is 0 Å². The highest BCUT2D eigenvalue weighted by Crippen LogP contribution is 2.51. The molecule has 3 aromatic carbocycles. The number of carbonyl (C=O) groups is 6. The summed E-state index contributed by atoms with van der Waals surface area (Å²) in [5, 5.41) is 20.2. The van der Waals surface area contributed by atoms with Gasteiger partial charge >= 0.3 is 30.2 Å². The number of Topliss-reactive ketones (excluding diaryl/α,β-unsaturated/α-hetero) is 1. The second kappa shape index (κ2) is 22.5. The third-order valence-corrected chi connectivity index (χ3v) is 12.4. The molecule has 16 nitrogen and oxygen atoms in total. The van der Waals surface area contributed by atoms with Gasteiger partial charge in [0, 0.05) is 96.7 Å². The first kappa shape index (κ1) is 55.8. The quantitative estimate of drug-likeness (QED) is 0.173. The molecular formula is C51H64Cl3N3O13. The Bertz CT molecular complexity index is 2400. The van der Waals surface area contributed by atoms with Crippen molar-refractivity contribution in [3.8, 4) is 0 Å². The largest absolute Gasteiger partial charge is 0.478 e. The Kier molecular flexibility index (Phi) is 18.0. The van der Waals surface area contributed by atoms with Crippen LogP contribution in [0.4, 0.5) is 14.4 Å². The van der Waals surface area contributed by atoms with Crippen LogP contribution >= 0.6 is 34.8 Å². The molecule has 5 aliphatic rings. The summed E-state index contributed by atoms with van der Waals surface area (Å²) in [5.41, 5.74) is 0.254. The SMILES string of the molecule is CC(C)(C)OC(=O)N1CCC(=O)CC1.CC(C)(C)OC(=O)N1CCC2(CC1)OC(=O)c1cccc(Cl)c12.CC(C)(C)OC(=O)N1CCC2(CC1)OC(O)c1cccc(Cl)c12.O=C(O)c1cccc(Cl)c1. The van der Waals surface area contributed by atoms with Gasteiger partial charge in [-0.25, -0.2) is 24.0 Å². The van der Waals surface area contributed by atoms with E-state index < -0.39 is 40.3 Å². The summed E-state index contributed by atoms with van der Waals surface area (Å²) in [4.78, 5) is 74.1. The van der Waals surface area contributed by atoms with Gasteiger partial charge in [-0.05, 0) is 112 Å². The Hall–Kier alpha value is -5.13. The summed E-state index contributed by atoms with van der Waals surface area (Å²) in [6.07, 6.45) is 1.20. The number of halogens is 3. The Balaban J connectivity index is 0.000000183. The van der Waals surface area contributed by atoms with E-state index >= 15 is 0 Å². The highest BCUT2D eigenvalue weighted by Gasteiger charge is 2.50. The van der Waals surface area contributed by atoms with Crippen molar-refractivity contribution in [2.24, 2.45) is 0 Å². The number of carboxylic acid groups (broad SMARTS) is 1. The van der Waals surface area contributed by atoms with Crippen molar-refractivity contribution in [3.05, 3.63) is 104 Å². The molecule has 3 aromatic rings. The lowest BCUT2D eigenvalue weighted by Gasteiger charge is -2.39. The van der Waals surface area contributed by atoms with Crippen molar-refractivity contribution in [1.82, 2.24) is 14.7 Å². The van der Waals surface area contributed by atoms with E-state index in [0.717, 1.165) is 16.7 Å². The first-order chi connectivity index (χ1) is 32.5. The monoisotopic (exact) mass is 1030 g/mol. The van der Waals surface area contributed by atoms with Crippen molar-refractivity contribution in [3.63, 3.8) is 0 Å². The van der Waals surface area contributed by atoms with Gasteiger partial charge < -0.3 is 48.6 Å². The van der Waals surface area contributed by atoms with E-state index in [2.05, 4.69) is 0 Å². The average Bonchev–Trinajstić information content (AvgIpc) is 3.69. The van der Waals surface area contributed by atoms with E-state index in [4.69, 9.17) is 63.6 Å². The van der Waals surface area contributed by atoms with Crippen LogP contribution in [-0.2, 0) is 39.7 Å². The minimum atomic E-state index is -0.961. The number of likely N-dealkylation sites (tertiary alicyclic amines) is 3. The predicted molar refractivity (Wildman–Crippen MR) is 262 cm³/mol. The van der Waals surface area contributed by atoms with Gasteiger partial charge in [-0.15, -0.1) is 0 Å². The molecule has 382 valence electrons. The first-order valence-electron chi connectivity index (χ1n) is 23.1. The maximum Gasteiger partial charge on any atom is 0.410 e. The molecule has 0 radical (unpaired) electrons. The number of rotatable bonds is 1. The Morgan fingerprint density at radius 1 is 0.614 bits per heavy atom. The molecule has 2 spiro atoms. The maximum absolute atomic E-state index is 12.2. The van der Waals surface area contributed by atoms with Crippen LogP contribution in [0.25, 0.3) is 0 Å². The number of carbonyl (C=O) groups excluding carboxylic acids is 5. The highest BCUT2D eigenvalue weighted by molar-refractivity contribution is 6.32. The van der Waals surface area contributed by atoms with Crippen LogP contribution in [0.2, 0.25) is 15.1 Å². The number of hydrogen-bond donors (Lipinski definition) is 2. The van der Waals surface area contributed by atoms with Gasteiger partial charge in [0.2, 0.25) is 0 Å². The van der Waals surface area contributed by atoms with E-state index in [0.29, 0.717) is 98.4 Å². The third kappa shape index (κ3) is 14.7. The zero-order valence-corrected chi connectivity index (χ0v) is 43.5. The van der Waals surface area contributed by atoms with E-state index in [1.807, 2.05) is 80.5 Å². The van der Waals surface area contributed by atoms with Crippen LogP contribution < -0.4 is 0 Å². The number of carboxylic acids is 1. The zero-order chi connectivity index (χ0) is 52.0. The minimum Gasteiger partial charge on any atom is -0.478 e. The Morgan fingerprint density at radius 3 is 1.49 bits per heavy atom. The number of aromatic carboxylic acids is 1. The summed E-state index contributed by atoms with van der Waals surface area (Å²) in [6, 6.07) is 16.8. The number of ketones is 1. The molecule has 19 heteroatoms. The Labute approximate surface area is 424 Å². The summed E-state index contributed by atoms with van der Waals surface area (Å²) < 4.78 is 27.5. The lowest BCUT2D eigenvalue weighted by atomic mass is 9.84. The smallest absolute Gasteiger partial charge is 0.410 e. The number of aliphatic hydroxyl groups is 1. The van der Waals surface area contributed by atoms with Crippen molar-refractivity contribution in [2.75, 3.05) is 39.3 Å². The number of aliphatic hydroxyl groups excluding tert-OH is 1. The van der Waals surface area contributed by atoms with Crippen molar-refractivity contribution in [2.45, 2.75) is 135 Å². The fourth-order valence-corrected chi connectivity index (χ4v) is 9.26. The molecule has 0 saturated carbocycles. The van der Waals surface area contributed by atoms with Crippen LogP contribution in [0.1, 0.15) is 145 Å². The minimum absolute atomic E-state index is 0.215. The zero-order valence-electron chi connectivity index (χ0n) is 41.2. The molecule has 1 atom stereocenters. The number of benzene rings is 3. The van der Waals surface area contributed by atoms with Crippen LogP contribution in [-0.4, -0.2) is 117 Å². The third-order valence-electron chi connectivity index (χ3n) is 11.6. The number of nitrogens with zero attached hydrogens (tertiary/aromatic N) is 3. The number of esters is 1. The molecule has 8 rings (SSSR count). The average molecular weight is 1030 g/mol. The topological polar surface area (TPSA) is 199 Å². The standard InChI is InChI=1S/C17H22ClNO4.C17H20ClNO4.C10H17NO3.C7H5ClO2/c2*1-16(2,3)23-15(21)19-9-7-17(8-10-19)13-11(14(20)22-17)5-4-6-12(13)18;1-10(2,3)14-9(13)11-6-4-8(12)5-7-11;8-6-3-1-2-5(4-6)7(9)10/h4-6,14,20H,7-10H2,1-3H3;4-6H,7-10H2,1-3H3;4-7H2,1-3H3;1-4H,(H,9,10). The van der Waals surface area contributed by atoms with E-state index in [-0.39, 0.29) is 35.6 Å². The van der Waals surface area contributed by atoms with E-state index in [1.54, 1.807) is 45.0 Å². The molecule has 0 aliphatic carbocycles. The number of piperidine rings is 3. The van der Waals surface area contributed by atoms with E-state index in [9.17, 15) is 33.9 Å². The van der Waals surface area contributed by atoms with Crippen molar-refractivity contribution < 1.29 is 62.7 Å². The Morgan fingerprint density at radius 2 is 1.04 bits per heavy atom. The summed E-state index contributed by atoms with van der Waals surface area (Å²) in [7, 11) is 0. The highest BCUT2D eigenvalue weighted by atomic mass is 35.5. The lowest BCUT2D eigenvalue weighted by Crippen LogP contribution is -2.47. The van der Waals surface area contributed by atoms with Crippen LogP contribution in [0.5, 0.6) is 0 Å². The molecule has 5 aliphatic heterocycles. The molecule has 0 bridgehead atoms. The second-order valence-corrected chi connectivity index (χ2v) is 21.7. The van der Waals surface area contributed by atoms with Crippen molar-refractivity contribution >= 4 is 70.8 Å². The van der Waals surface area contributed by atoms with Gasteiger partial charge in [0.1, 0.15) is 33.8 Å². The summed E-state index contributed by atoms with van der Waals surface area (Å²) in [5.74, 6) is -1.07. The van der Waals surface area contributed by atoms with Crippen LogP contribution in [0.3, 0.4) is 0 Å². The van der Waals surface area contributed by atoms with Gasteiger partial charge in [-0.1, -0.05) is 59.1 Å². The number of fused-ring (bicyclic) bond motifs is 4. The second-order valence-electron chi connectivity index (χ2n) is 20.5. The lowest BCUT2D eigenvalue weighted by molar-refractivity contribution is -0.187. The van der Waals surface area contributed by atoms with Crippen molar-refractivity contribution in [1.29, 1.82) is 0 Å². The number of ether oxygens (including phenoxy) is 5.